The van der Waals surface area contributed by atoms with Gasteiger partial charge >= 0.3 is 0 Å². The molecule has 0 aliphatic rings. The lowest BCUT2D eigenvalue weighted by molar-refractivity contribution is 0.754. The van der Waals surface area contributed by atoms with Crippen molar-refractivity contribution in [3.05, 3.63) is 64.6 Å². The average molecular weight is 266 g/mol. The van der Waals surface area contributed by atoms with E-state index in [9.17, 15) is 4.79 Å². The fourth-order valence-electron chi connectivity index (χ4n) is 2.16. The molecule has 100 valence electrons. The Bertz CT molecular complexity index is 802. The second-order valence-electron chi connectivity index (χ2n) is 4.60. The molecule has 3 rings (SSSR count). The van der Waals surface area contributed by atoms with Crippen molar-refractivity contribution >= 4 is 0 Å². The van der Waals surface area contributed by atoms with Gasteiger partial charge in [0, 0.05) is 19.3 Å². The minimum absolute atomic E-state index is 0.139. The van der Waals surface area contributed by atoms with Crippen LogP contribution in [0.1, 0.15) is 5.56 Å². The van der Waals surface area contributed by atoms with Crippen molar-refractivity contribution in [2.45, 2.75) is 6.92 Å². The lowest BCUT2D eigenvalue weighted by Crippen LogP contribution is -2.22. The van der Waals surface area contributed by atoms with E-state index in [1.165, 1.54) is 4.68 Å². The Balaban J connectivity index is 2.24. The van der Waals surface area contributed by atoms with Gasteiger partial charge in [0.1, 0.15) is 5.69 Å². The first-order chi connectivity index (χ1) is 9.66. The molecule has 0 saturated heterocycles. The fraction of sp³-hybridized carbons (Fsp3) is 0.133. The Hall–Kier alpha value is -2.69. The molecule has 0 aliphatic heterocycles. The summed E-state index contributed by atoms with van der Waals surface area (Å²) in [7, 11) is 1.86. The van der Waals surface area contributed by atoms with Gasteiger partial charge in [-0.2, -0.15) is 14.9 Å². The highest BCUT2D eigenvalue weighted by molar-refractivity contribution is 5.58. The van der Waals surface area contributed by atoms with Crippen LogP contribution in [0.5, 0.6) is 0 Å². The number of aromatic nitrogens is 4. The van der Waals surface area contributed by atoms with E-state index < -0.39 is 0 Å². The molecule has 0 unspecified atom stereocenters. The van der Waals surface area contributed by atoms with Crippen LogP contribution in [-0.2, 0) is 7.05 Å². The molecule has 20 heavy (non-hydrogen) atoms. The van der Waals surface area contributed by atoms with Crippen molar-refractivity contribution in [2.24, 2.45) is 7.05 Å². The van der Waals surface area contributed by atoms with Gasteiger partial charge in [0.15, 0.2) is 0 Å². The molecule has 0 spiro atoms. The van der Waals surface area contributed by atoms with Crippen LogP contribution < -0.4 is 5.56 Å². The van der Waals surface area contributed by atoms with Crippen LogP contribution in [-0.4, -0.2) is 19.6 Å². The predicted molar refractivity (Wildman–Crippen MR) is 76.8 cm³/mol. The molecule has 5 nitrogen and oxygen atoms in total. The van der Waals surface area contributed by atoms with E-state index in [-0.39, 0.29) is 5.56 Å². The molecule has 0 N–H and O–H groups in total. The van der Waals surface area contributed by atoms with Gasteiger partial charge in [-0.25, -0.2) is 0 Å². The predicted octanol–water partition coefficient (Wildman–Crippen LogP) is 1.94. The van der Waals surface area contributed by atoms with Crippen LogP contribution in [0.25, 0.3) is 17.1 Å². The molecule has 0 saturated carbocycles. The minimum atomic E-state index is -0.139. The Morgan fingerprint density at radius 1 is 1.10 bits per heavy atom. The van der Waals surface area contributed by atoms with Gasteiger partial charge in [-0.3, -0.25) is 9.48 Å². The summed E-state index contributed by atoms with van der Waals surface area (Å²) in [6, 6.07) is 12.9. The first kappa shape index (κ1) is 12.3. The third kappa shape index (κ3) is 2.03. The summed E-state index contributed by atoms with van der Waals surface area (Å²) >= 11 is 0. The van der Waals surface area contributed by atoms with Crippen LogP contribution in [0, 0.1) is 6.92 Å². The monoisotopic (exact) mass is 266 g/mol. The zero-order valence-electron chi connectivity index (χ0n) is 11.3. The molecule has 2 heterocycles. The summed E-state index contributed by atoms with van der Waals surface area (Å²) in [6.45, 7) is 1.88. The molecule has 5 heteroatoms. The summed E-state index contributed by atoms with van der Waals surface area (Å²) in [5, 5.41) is 8.64. The lowest BCUT2D eigenvalue weighted by Gasteiger charge is -2.09. The Kier molecular flexibility index (Phi) is 2.95. The van der Waals surface area contributed by atoms with E-state index in [0.717, 1.165) is 22.6 Å². The summed E-state index contributed by atoms with van der Waals surface area (Å²) < 4.78 is 3.16. The van der Waals surface area contributed by atoms with Crippen molar-refractivity contribution in [1.82, 2.24) is 19.6 Å². The number of aryl methyl sites for hydroxylation is 2. The highest BCUT2D eigenvalue weighted by Gasteiger charge is 2.11. The molecular weight excluding hydrogens is 252 g/mol. The quantitative estimate of drug-likeness (QED) is 0.712. The second kappa shape index (κ2) is 4.77. The number of hydrogen-bond acceptors (Lipinski definition) is 3. The fourth-order valence-corrected chi connectivity index (χ4v) is 2.16. The smallest absolute Gasteiger partial charge is 0.267 e. The van der Waals surface area contributed by atoms with Gasteiger partial charge in [-0.05, 0) is 30.7 Å². The van der Waals surface area contributed by atoms with Crippen molar-refractivity contribution in [2.75, 3.05) is 0 Å². The van der Waals surface area contributed by atoms with E-state index in [4.69, 9.17) is 0 Å². The van der Waals surface area contributed by atoms with E-state index in [2.05, 4.69) is 10.2 Å². The zero-order valence-corrected chi connectivity index (χ0v) is 11.3. The van der Waals surface area contributed by atoms with Gasteiger partial charge in [0.2, 0.25) is 0 Å². The van der Waals surface area contributed by atoms with Crippen LogP contribution in [0.2, 0.25) is 0 Å². The van der Waals surface area contributed by atoms with Crippen LogP contribution >= 0.6 is 0 Å². The van der Waals surface area contributed by atoms with Gasteiger partial charge in [0.25, 0.3) is 5.56 Å². The molecule has 0 atom stereocenters. The number of benzene rings is 1. The van der Waals surface area contributed by atoms with Crippen molar-refractivity contribution < 1.29 is 0 Å². The number of rotatable bonds is 2. The molecule has 0 bridgehead atoms. The normalized spacial score (nSPS) is 10.7. The summed E-state index contributed by atoms with van der Waals surface area (Å²) in [4.78, 5) is 12.1. The highest BCUT2D eigenvalue weighted by Crippen LogP contribution is 2.18. The van der Waals surface area contributed by atoms with Gasteiger partial charge < -0.3 is 0 Å². The Labute approximate surface area is 116 Å². The number of hydrogen-bond donors (Lipinski definition) is 0. The molecule has 2 aromatic heterocycles. The largest absolute Gasteiger partial charge is 0.271 e. The first-order valence-electron chi connectivity index (χ1n) is 6.31. The third-order valence-corrected chi connectivity index (χ3v) is 3.19. The van der Waals surface area contributed by atoms with Crippen molar-refractivity contribution in [1.29, 1.82) is 0 Å². The van der Waals surface area contributed by atoms with Crippen LogP contribution in [0.4, 0.5) is 0 Å². The Morgan fingerprint density at radius 3 is 2.50 bits per heavy atom. The molecular formula is C15H14N4O. The molecule has 1 aromatic carbocycles. The number of nitrogens with zero attached hydrogens (tertiary/aromatic N) is 4. The molecule has 0 amide bonds. The minimum Gasteiger partial charge on any atom is -0.267 e. The van der Waals surface area contributed by atoms with E-state index >= 15 is 0 Å². The van der Waals surface area contributed by atoms with Gasteiger partial charge in [-0.15, -0.1) is 0 Å². The van der Waals surface area contributed by atoms with Crippen LogP contribution in [0.3, 0.4) is 0 Å². The third-order valence-electron chi connectivity index (χ3n) is 3.19. The number of para-hydroxylation sites is 1. The SMILES string of the molecule is Cc1cc(=O)n(-c2ccccc2)nc1-c1ccnn1C. The molecule has 3 aromatic rings. The maximum Gasteiger partial charge on any atom is 0.271 e. The molecule has 0 radical (unpaired) electrons. The molecule has 0 aliphatic carbocycles. The maximum absolute atomic E-state index is 12.1. The average Bonchev–Trinajstić information content (AvgIpc) is 2.86. The zero-order chi connectivity index (χ0) is 14.1. The highest BCUT2D eigenvalue weighted by atomic mass is 16.1. The topological polar surface area (TPSA) is 52.7 Å². The van der Waals surface area contributed by atoms with Crippen LogP contribution in [0.15, 0.2) is 53.5 Å². The van der Waals surface area contributed by atoms with E-state index in [1.54, 1.807) is 16.9 Å². The lowest BCUT2D eigenvalue weighted by atomic mass is 10.2. The van der Waals surface area contributed by atoms with Crippen molar-refractivity contribution in [3.8, 4) is 17.1 Å². The van der Waals surface area contributed by atoms with Gasteiger partial charge in [-0.1, -0.05) is 18.2 Å². The van der Waals surface area contributed by atoms with Crippen molar-refractivity contribution in [3.63, 3.8) is 0 Å². The summed E-state index contributed by atoms with van der Waals surface area (Å²) in [5.74, 6) is 0. The van der Waals surface area contributed by atoms with E-state index in [1.807, 2.05) is 50.4 Å². The van der Waals surface area contributed by atoms with Gasteiger partial charge in [0.05, 0.1) is 11.4 Å². The molecule has 0 fully saturated rings. The second-order valence-corrected chi connectivity index (χ2v) is 4.60. The maximum atomic E-state index is 12.1. The Morgan fingerprint density at radius 2 is 1.85 bits per heavy atom. The summed E-state index contributed by atoms with van der Waals surface area (Å²) in [6.07, 6.45) is 1.72. The standard InChI is InChI=1S/C15H14N4O/c1-11-10-14(20)19(12-6-4-3-5-7-12)17-15(11)13-8-9-16-18(13)2/h3-10H,1-2H3. The summed E-state index contributed by atoms with van der Waals surface area (Å²) in [5.41, 5.74) is 3.09. The first-order valence-corrected chi connectivity index (χ1v) is 6.31. The van der Waals surface area contributed by atoms with E-state index in [0.29, 0.717) is 0 Å².